The van der Waals surface area contributed by atoms with Crippen LogP contribution >= 0.6 is 34.0 Å². The minimum atomic E-state index is -2.84. The van der Waals surface area contributed by atoms with Gasteiger partial charge in [-0.3, -0.25) is 13.9 Å². The molecular formula is C31H37Cl2N3O4S. The number of nitrogens with zero attached hydrogens (tertiary/aromatic N) is 3. The zero-order valence-corrected chi connectivity index (χ0v) is 25.7. The number of piperidine rings is 1. The van der Waals surface area contributed by atoms with Crippen molar-refractivity contribution in [3.05, 3.63) is 93.6 Å². The van der Waals surface area contributed by atoms with E-state index >= 15 is 0 Å². The molecule has 10 heteroatoms. The van der Waals surface area contributed by atoms with E-state index in [4.69, 9.17) is 27.9 Å². The van der Waals surface area contributed by atoms with Gasteiger partial charge in [-0.2, -0.15) is 0 Å². The van der Waals surface area contributed by atoms with Crippen LogP contribution in [0.1, 0.15) is 55.0 Å². The maximum absolute atomic E-state index is 14.6. The van der Waals surface area contributed by atoms with E-state index in [1.54, 1.807) is 17.5 Å². The number of aromatic nitrogens is 1. The number of ether oxygens (including phenoxy) is 1. The van der Waals surface area contributed by atoms with E-state index < -0.39 is 10.8 Å². The van der Waals surface area contributed by atoms with E-state index in [9.17, 15) is 13.9 Å². The molecule has 2 saturated heterocycles. The highest BCUT2D eigenvalue weighted by Gasteiger charge is 2.46. The lowest BCUT2D eigenvalue weighted by molar-refractivity contribution is -0.147. The Labute approximate surface area is 253 Å². The van der Waals surface area contributed by atoms with E-state index in [2.05, 4.69) is 18.0 Å². The Balaban J connectivity index is 1.60. The first-order valence-corrected chi connectivity index (χ1v) is 16.5. The first-order chi connectivity index (χ1) is 19.7. The number of halogens is 2. The SMILES string of the molecule is CCC(CN1CCCS1(O)O)N1C(=O)[C@@H](Cc2cccc(OC)n2)C[C@H](c2cccc(Cl)c2)[C@H]1c1ccc(Cl)cc1. The Kier molecular flexibility index (Phi) is 9.48. The van der Waals surface area contributed by atoms with Crippen molar-refractivity contribution in [2.75, 3.05) is 26.0 Å². The van der Waals surface area contributed by atoms with E-state index in [1.165, 1.54) is 0 Å². The van der Waals surface area contributed by atoms with Crippen LogP contribution in [0.2, 0.25) is 10.0 Å². The third kappa shape index (κ3) is 6.69. The average Bonchev–Trinajstić information content (AvgIpc) is 3.30. The zero-order chi connectivity index (χ0) is 29.1. The second-order valence-electron chi connectivity index (χ2n) is 10.9. The van der Waals surface area contributed by atoms with Crippen LogP contribution in [0.4, 0.5) is 0 Å². The van der Waals surface area contributed by atoms with Crippen molar-refractivity contribution < 1.29 is 18.6 Å². The summed E-state index contributed by atoms with van der Waals surface area (Å²) in [6.07, 6.45) is 2.46. The summed E-state index contributed by atoms with van der Waals surface area (Å²) in [5.74, 6) is 0.521. The Morgan fingerprint density at radius 2 is 1.80 bits per heavy atom. The van der Waals surface area contributed by atoms with Gasteiger partial charge in [0.15, 0.2) is 0 Å². The molecule has 4 atom stereocenters. The average molecular weight is 619 g/mol. The molecule has 2 N–H and O–H groups in total. The molecule has 5 rings (SSSR count). The van der Waals surface area contributed by atoms with Gasteiger partial charge in [0.25, 0.3) is 0 Å². The summed E-state index contributed by atoms with van der Waals surface area (Å²) >= 11 is 12.8. The molecule has 1 unspecified atom stereocenters. The van der Waals surface area contributed by atoms with Crippen molar-refractivity contribution in [3.63, 3.8) is 0 Å². The number of hydrogen-bond donors (Lipinski definition) is 2. The number of hydrogen-bond acceptors (Lipinski definition) is 6. The van der Waals surface area contributed by atoms with Gasteiger partial charge in [0, 0.05) is 59.2 Å². The van der Waals surface area contributed by atoms with Crippen LogP contribution in [-0.2, 0) is 11.2 Å². The molecule has 1 aromatic heterocycles. The molecule has 2 aromatic carbocycles. The molecule has 2 fully saturated rings. The van der Waals surface area contributed by atoms with Crippen molar-refractivity contribution in [2.24, 2.45) is 5.92 Å². The standard InChI is InChI=1S/C31H37Cl2N3O4S/c1-3-27(20-35-15-6-16-41(35,38)39)36-30(21-11-13-24(32)14-12-21)28(22-7-4-8-25(33)17-22)19-23(31(36)37)18-26-9-5-10-29(34-26)40-2/h4-5,7-14,17,23,27-28,30,38-39H,3,6,15-16,18-20H2,1-2H3/t23-,27?,28+,30+/m0/s1. The number of pyridine rings is 1. The Bertz CT molecular complexity index is 1360. The Morgan fingerprint density at radius 1 is 1.05 bits per heavy atom. The molecular weight excluding hydrogens is 581 g/mol. The van der Waals surface area contributed by atoms with Gasteiger partial charge < -0.3 is 9.64 Å². The summed E-state index contributed by atoms with van der Waals surface area (Å²) in [7, 11) is -1.26. The normalized spacial score (nSPS) is 24.3. The van der Waals surface area contributed by atoms with Gasteiger partial charge in [0.1, 0.15) is 0 Å². The summed E-state index contributed by atoms with van der Waals surface area (Å²) in [4.78, 5) is 21.2. The van der Waals surface area contributed by atoms with Crippen LogP contribution in [0.15, 0.2) is 66.7 Å². The van der Waals surface area contributed by atoms with Crippen molar-refractivity contribution in [1.29, 1.82) is 0 Å². The monoisotopic (exact) mass is 617 g/mol. The Morgan fingerprint density at radius 3 is 2.46 bits per heavy atom. The van der Waals surface area contributed by atoms with Crippen LogP contribution in [0.25, 0.3) is 0 Å². The lowest BCUT2D eigenvalue weighted by Crippen LogP contribution is -2.54. The molecule has 0 bridgehead atoms. The van der Waals surface area contributed by atoms with Gasteiger partial charge >= 0.3 is 0 Å². The topological polar surface area (TPSA) is 86.1 Å². The van der Waals surface area contributed by atoms with E-state index in [0.717, 1.165) is 23.2 Å². The predicted octanol–water partition coefficient (Wildman–Crippen LogP) is 7.46. The first-order valence-electron chi connectivity index (χ1n) is 14.0. The van der Waals surface area contributed by atoms with Gasteiger partial charge in [-0.1, -0.05) is 60.5 Å². The van der Waals surface area contributed by atoms with Gasteiger partial charge in [-0.25, -0.2) is 9.29 Å². The fourth-order valence-corrected chi connectivity index (χ4v) is 8.20. The van der Waals surface area contributed by atoms with E-state index in [0.29, 0.717) is 54.0 Å². The summed E-state index contributed by atoms with van der Waals surface area (Å²) in [5.41, 5.74) is 2.83. The maximum Gasteiger partial charge on any atom is 0.226 e. The molecule has 7 nitrogen and oxygen atoms in total. The van der Waals surface area contributed by atoms with E-state index in [1.807, 2.05) is 59.5 Å². The number of methoxy groups -OCH3 is 1. The largest absolute Gasteiger partial charge is 0.481 e. The summed E-state index contributed by atoms with van der Waals surface area (Å²) in [5, 5.41) is 1.27. The minimum absolute atomic E-state index is 0.0374. The van der Waals surface area contributed by atoms with Crippen LogP contribution in [0.3, 0.4) is 0 Å². The van der Waals surface area contributed by atoms with Crippen molar-refractivity contribution in [1.82, 2.24) is 14.2 Å². The smallest absolute Gasteiger partial charge is 0.226 e. The van der Waals surface area contributed by atoms with E-state index in [-0.39, 0.29) is 29.8 Å². The zero-order valence-electron chi connectivity index (χ0n) is 23.3. The molecule has 0 saturated carbocycles. The number of rotatable bonds is 9. The maximum atomic E-state index is 14.6. The lowest BCUT2D eigenvalue weighted by atomic mass is 9.74. The molecule has 2 aliphatic heterocycles. The summed E-state index contributed by atoms with van der Waals surface area (Å²) in [6.45, 7) is 3.04. The molecule has 0 spiro atoms. The molecule has 1 amide bonds. The molecule has 220 valence electrons. The highest BCUT2D eigenvalue weighted by Crippen LogP contribution is 2.51. The van der Waals surface area contributed by atoms with Gasteiger partial charge in [-0.05, 0) is 60.7 Å². The van der Waals surface area contributed by atoms with Gasteiger partial charge in [-0.15, -0.1) is 10.8 Å². The van der Waals surface area contributed by atoms with Gasteiger partial charge in [0.05, 0.1) is 18.9 Å². The Hall–Kier alpha value is -2.33. The number of likely N-dealkylation sites (tertiary alicyclic amines) is 1. The van der Waals surface area contributed by atoms with Crippen molar-refractivity contribution in [3.8, 4) is 5.88 Å². The lowest BCUT2D eigenvalue weighted by Gasteiger charge is -2.50. The second-order valence-corrected chi connectivity index (χ2v) is 13.9. The van der Waals surface area contributed by atoms with Crippen molar-refractivity contribution >= 4 is 39.9 Å². The molecule has 41 heavy (non-hydrogen) atoms. The van der Waals surface area contributed by atoms with Crippen LogP contribution < -0.4 is 4.74 Å². The number of benzene rings is 2. The fourth-order valence-electron chi connectivity index (χ4n) is 6.27. The molecule has 3 aromatic rings. The summed E-state index contributed by atoms with van der Waals surface area (Å²) in [6, 6.07) is 20.7. The third-order valence-corrected chi connectivity index (χ3v) is 10.8. The fraction of sp³-hybridized carbons (Fsp3) is 0.419. The minimum Gasteiger partial charge on any atom is -0.481 e. The second kappa shape index (κ2) is 12.9. The predicted molar refractivity (Wildman–Crippen MR) is 166 cm³/mol. The summed E-state index contributed by atoms with van der Waals surface area (Å²) < 4.78 is 28.6. The molecule has 3 heterocycles. The highest BCUT2D eigenvalue weighted by molar-refractivity contribution is 8.22. The number of amides is 1. The van der Waals surface area contributed by atoms with Crippen molar-refractivity contribution in [2.45, 2.75) is 50.6 Å². The molecule has 0 radical (unpaired) electrons. The highest BCUT2D eigenvalue weighted by atomic mass is 35.5. The van der Waals surface area contributed by atoms with Crippen LogP contribution in [0, 0.1) is 5.92 Å². The molecule has 2 aliphatic rings. The quantitative estimate of drug-likeness (QED) is 0.259. The number of carbonyl (C=O) groups excluding carboxylic acids is 1. The van der Waals surface area contributed by atoms with Crippen LogP contribution in [-0.4, -0.2) is 61.2 Å². The number of carbonyl (C=O) groups is 1. The van der Waals surface area contributed by atoms with Gasteiger partial charge in [0.2, 0.25) is 11.8 Å². The molecule has 0 aliphatic carbocycles. The third-order valence-electron chi connectivity index (χ3n) is 8.28. The first kappa shape index (κ1) is 30.1. The van der Waals surface area contributed by atoms with Crippen LogP contribution in [0.5, 0.6) is 5.88 Å².